The third kappa shape index (κ3) is 4.16. The number of nitrogens with zero attached hydrogens (tertiary/aromatic N) is 3. The summed E-state index contributed by atoms with van der Waals surface area (Å²) >= 11 is 0. The molecule has 1 aliphatic heterocycles. The minimum absolute atomic E-state index is 0.730. The van der Waals surface area contributed by atoms with Gasteiger partial charge in [-0.2, -0.15) is 0 Å². The van der Waals surface area contributed by atoms with Gasteiger partial charge < -0.3 is 5.32 Å². The molecule has 4 nitrogen and oxygen atoms in total. The zero-order valence-electron chi connectivity index (χ0n) is 12.2. The standard InChI is InChI=1S/C15H26N4/c1-3-8-16-15-11-17-13(10-18-15)12-19-9-6-5-7-14(19)4-2/h10-11,14H,3-9,12H2,1-2H3,(H,16,18). The van der Waals surface area contributed by atoms with Crippen LogP contribution in [0.1, 0.15) is 51.6 Å². The normalized spacial score (nSPS) is 20.4. The van der Waals surface area contributed by atoms with Crippen molar-refractivity contribution in [1.82, 2.24) is 14.9 Å². The molecule has 1 aromatic rings. The van der Waals surface area contributed by atoms with E-state index in [9.17, 15) is 0 Å². The van der Waals surface area contributed by atoms with Crippen molar-refractivity contribution in [2.45, 2.75) is 58.5 Å². The molecule has 1 atom stereocenters. The number of hydrogen-bond acceptors (Lipinski definition) is 4. The van der Waals surface area contributed by atoms with Gasteiger partial charge in [0, 0.05) is 19.1 Å². The summed E-state index contributed by atoms with van der Waals surface area (Å²) in [5.74, 6) is 0.885. The Kier molecular flexibility index (Phi) is 5.58. The van der Waals surface area contributed by atoms with E-state index in [4.69, 9.17) is 0 Å². The predicted octanol–water partition coefficient (Wildman–Crippen LogP) is 3.06. The topological polar surface area (TPSA) is 41.1 Å². The van der Waals surface area contributed by atoms with E-state index in [1.807, 2.05) is 12.4 Å². The predicted molar refractivity (Wildman–Crippen MR) is 79.2 cm³/mol. The lowest BCUT2D eigenvalue weighted by Crippen LogP contribution is -2.38. The van der Waals surface area contributed by atoms with Gasteiger partial charge in [-0.3, -0.25) is 9.88 Å². The molecule has 106 valence electrons. The van der Waals surface area contributed by atoms with Crippen LogP contribution in [0.4, 0.5) is 5.82 Å². The summed E-state index contributed by atoms with van der Waals surface area (Å²) in [7, 11) is 0. The molecule has 1 saturated heterocycles. The largest absolute Gasteiger partial charge is 0.369 e. The number of piperidine rings is 1. The zero-order valence-corrected chi connectivity index (χ0v) is 12.2. The zero-order chi connectivity index (χ0) is 13.5. The van der Waals surface area contributed by atoms with Gasteiger partial charge in [-0.05, 0) is 32.2 Å². The molecule has 1 unspecified atom stereocenters. The first-order valence-corrected chi connectivity index (χ1v) is 7.62. The average Bonchev–Trinajstić information content (AvgIpc) is 2.47. The van der Waals surface area contributed by atoms with E-state index >= 15 is 0 Å². The first kappa shape index (κ1) is 14.3. The number of anilines is 1. The van der Waals surface area contributed by atoms with Crippen molar-refractivity contribution in [3.8, 4) is 0 Å². The Hall–Kier alpha value is -1.16. The Labute approximate surface area is 116 Å². The summed E-state index contributed by atoms with van der Waals surface area (Å²) in [6, 6.07) is 0.730. The third-order valence-electron chi connectivity index (χ3n) is 3.85. The van der Waals surface area contributed by atoms with Crippen molar-refractivity contribution >= 4 is 5.82 Å². The van der Waals surface area contributed by atoms with Crippen molar-refractivity contribution < 1.29 is 0 Å². The summed E-state index contributed by atoms with van der Waals surface area (Å²) in [5, 5.41) is 3.26. The maximum absolute atomic E-state index is 4.53. The van der Waals surface area contributed by atoms with Crippen LogP contribution in [0.15, 0.2) is 12.4 Å². The second kappa shape index (κ2) is 7.43. The fourth-order valence-electron chi connectivity index (χ4n) is 2.72. The molecule has 4 heteroatoms. The molecule has 1 fully saturated rings. The maximum Gasteiger partial charge on any atom is 0.144 e. The van der Waals surface area contributed by atoms with Crippen LogP contribution < -0.4 is 5.32 Å². The Balaban J connectivity index is 1.90. The molecular weight excluding hydrogens is 236 g/mol. The molecule has 1 N–H and O–H groups in total. The lowest BCUT2D eigenvalue weighted by Gasteiger charge is -2.34. The van der Waals surface area contributed by atoms with Crippen molar-refractivity contribution in [1.29, 1.82) is 0 Å². The van der Waals surface area contributed by atoms with Gasteiger partial charge in [-0.15, -0.1) is 0 Å². The Morgan fingerprint density at radius 1 is 1.26 bits per heavy atom. The van der Waals surface area contributed by atoms with Gasteiger partial charge in [0.25, 0.3) is 0 Å². The van der Waals surface area contributed by atoms with Gasteiger partial charge >= 0.3 is 0 Å². The highest BCUT2D eigenvalue weighted by Crippen LogP contribution is 2.21. The number of aromatic nitrogens is 2. The van der Waals surface area contributed by atoms with E-state index in [1.54, 1.807) is 0 Å². The highest BCUT2D eigenvalue weighted by Gasteiger charge is 2.20. The summed E-state index contributed by atoms with van der Waals surface area (Å²) in [5.41, 5.74) is 1.09. The van der Waals surface area contributed by atoms with Crippen LogP contribution in [0.25, 0.3) is 0 Å². The van der Waals surface area contributed by atoms with Crippen molar-refractivity contribution in [2.75, 3.05) is 18.4 Å². The van der Waals surface area contributed by atoms with Crippen molar-refractivity contribution in [2.24, 2.45) is 0 Å². The van der Waals surface area contributed by atoms with Crippen molar-refractivity contribution in [3.05, 3.63) is 18.1 Å². The van der Waals surface area contributed by atoms with E-state index in [2.05, 4.69) is 34.0 Å². The molecule has 0 aromatic carbocycles. The third-order valence-corrected chi connectivity index (χ3v) is 3.85. The van der Waals surface area contributed by atoms with Gasteiger partial charge in [-0.25, -0.2) is 4.98 Å². The van der Waals surface area contributed by atoms with E-state index < -0.39 is 0 Å². The van der Waals surface area contributed by atoms with Crippen LogP contribution in [0.3, 0.4) is 0 Å². The fourth-order valence-corrected chi connectivity index (χ4v) is 2.72. The minimum Gasteiger partial charge on any atom is -0.369 e. The number of rotatable bonds is 6. The van der Waals surface area contributed by atoms with Crippen molar-refractivity contribution in [3.63, 3.8) is 0 Å². The van der Waals surface area contributed by atoms with Gasteiger partial charge in [0.15, 0.2) is 0 Å². The first-order chi connectivity index (χ1) is 9.33. The van der Waals surface area contributed by atoms with Crippen LogP contribution >= 0.6 is 0 Å². The second-order valence-electron chi connectivity index (χ2n) is 5.35. The summed E-state index contributed by atoms with van der Waals surface area (Å²) < 4.78 is 0. The SMILES string of the molecule is CCCNc1cnc(CN2CCCCC2CC)cn1. The van der Waals surface area contributed by atoms with Crippen LogP contribution in [-0.4, -0.2) is 34.0 Å². The van der Waals surface area contributed by atoms with Gasteiger partial charge in [-0.1, -0.05) is 20.3 Å². The van der Waals surface area contributed by atoms with E-state index in [-0.39, 0.29) is 0 Å². The van der Waals surface area contributed by atoms with Crippen LogP contribution in [0.2, 0.25) is 0 Å². The summed E-state index contributed by atoms with van der Waals surface area (Å²) in [6.45, 7) is 7.54. The molecule has 1 aromatic heterocycles. The van der Waals surface area contributed by atoms with Crippen LogP contribution in [-0.2, 0) is 6.54 Å². The van der Waals surface area contributed by atoms with Gasteiger partial charge in [0.05, 0.1) is 18.1 Å². The number of nitrogens with one attached hydrogen (secondary N) is 1. The highest BCUT2D eigenvalue weighted by atomic mass is 15.2. The molecule has 2 rings (SSSR count). The second-order valence-corrected chi connectivity index (χ2v) is 5.35. The molecule has 0 spiro atoms. The van der Waals surface area contributed by atoms with Gasteiger partial charge in [0.2, 0.25) is 0 Å². The highest BCUT2D eigenvalue weighted by molar-refractivity contribution is 5.30. The Morgan fingerprint density at radius 2 is 2.16 bits per heavy atom. The van der Waals surface area contributed by atoms with Crippen LogP contribution in [0.5, 0.6) is 0 Å². The lowest BCUT2D eigenvalue weighted by molar-refractivity contribution is 0.134. The fraction of sp³-hybridized carbons (Fsp3) is 0.733. The maximum atomic E-state index is 4.53. The first-order valence-electron chi connectivity index (χ1n) is 7.62. The minimum atomic E-state index is 0.730. The Bertz CT molecular complexity index is 363. The molecule has 2 heterocycles. The Morgan fingerprint density at radius 3 is 2.84 bits per heavy atom. The monoisotopic (exact) mass is 262 g/mol. The molecule has 0 saturated carbocycles. The van der Waals surface area contributed by atoms with E-state index in [0.717, 1.165) is 37.1 Å². The summed E-state index contributed by atoms with van der Waals surface area (Å²) in [4.78, 5) is 11.5. The molecule has 1 aliphatic rings. The molecular formula is C15H26N4. The summed E-state index contributed by atoms with van der Waals surface area (Å²) in [6.07, 6.45) is 10.1. The van der Waals surface area contributed by atoms with E-state index in [1.165, 1.54) is 32.2 Å². The smallest absolute Gasteiger partial charge is 0.144 e. The molecule has 0 amide bonds. The number of hydrogen-bond donors (Lipinski definition) is 1. The van der Waals surface area contributed by atoms with E-state index in [0.29, 0.717) is 0 Å². The molecule has 0 bridgehead atoms. The molecule has 19 heavy (non-hydrogen) atoms. The lowest BCUT2D eigenvalue weighted by atomic mass is 10.00. The number of likely N-dealkylation sites (tertiary alicyclic amines) is 1. The van der Waals surface area contributed by atoms with Gasteiger partial charge in [0.1, 0.15) is 5.82 Å². The quantitative estimate of drug-likeness (QED) is 0.855. The van der Waals surface area contributed by atoms with Crippen LogP contribution in [0, 0.1) is 0 Å². The average molecular weight is 262 g/mol. The molecule has 0 radical (unpaired) electrons. The molecule has 0 aliphatic carbocycles.